The standard InChI is InChI=1S/C12H16FNO/c1-8-6-5-7-9(13)10(8)11(15)14-12(2,3)4/h5-7H,1-4H3,(H,14,15). The minimum Gasteiger partial charge on any atom is -0.347 e. The number of carbonyl (C=O) groups excluding carboxylic acids is 1. The molecule has 0 aliphatic carbocycles. The van der Waals surface area contributed by atoms with Gasteiger partial charge in [0.2, 0.25) is 0 Å². The largest absolute Gasteiger partial charge is 0.347 e. The maximum Gasteiger partial charge on any atom is 0.254 e. The molecular formula is C12H16FNO. The molecule has 82 valence electrons. The van der Waals surface area contributed by atoms with Crippen molar-refractivity contribution in [2.24, 2.45) is 0 Å². The normalized spacial score (nSPS) is 11.3. The summed E-state index contributed by atoms with van der Waals surface area (Å²) in [6.07, 6.45) is 0. The molecule has 1 aromatic carbocycles. The van der Waals surface area contributed by atoms with Crippen molar-refractivity contribution >= 4 is 5.91 Å². The number of nitrogens with one attached hydrogen (secondary N) is 1. The lowest BCUT2D eigenvalue weighted by atomic mass is 10.0. The van der Waals surface area contributed by atoms with E-state index in [0.29, 0.717) is 5.56 Å². The van der Waals surface area contributed by atoms with E-state index in [2.05, 4.69) is 5.32 Å². The van der Waals surface area contributed by atoms with Crippen LogP contribution < -0.4 is 5.32 Å². The van der Waals surface area contributed by atoms with Crippen LogP contribution >= 0.6 is 0 Å². The predicted octanol–water partition coefficient (Wildman–Crippen LogP) is 2.66. The summed E-state index contributed by atoms with van der Waals surface area (Å²) in [5.74, 6) is -0.838. The lowest BCUT2D eigenvalue weighted by Gasteiger charge is -2.21. The van der Waals surface area contributed by atoms with Gasteiger partial charge < -0.3 is 5.32 Å². The van der Waals surface area contributed by atoms with Crippen LogP contribution in [0.25, 0.3) is 0 Å². The first-order valence-corrected chi connectivity index (χ1v) is 4.89. The Morgan fingerprint density at radius 3 is 2.40 bits per heavy atom. The molecule has 0 fully saturated rings. The molecule has 0 atom stereocenters. The number of hydrogen-bond donors (Lipinski definition) is 1. The number of benzene rings is 1. The van der Waals surface area contributed by atoms with Crippen molar-refractivity contribution in [3.05, 3.63) is 35.1 Å². The van der Waals surface area contributed by atoms with Gasteiger partial charge in [-0.3, -0.25) is 4.79 Å². The van der Waals surface area contributed by atoms with Crippen LogP contribution in [0.2, 0.25) is 0 Å². The van der Waals surface area contributed by atoms with Gasteiger partial charge in [0.25, 0.3) is 5.91 Å². The third kappa shape index (κ3) is 3.05. The minimum absolute atomic E-state index is 0.132. The van der Waals surface area contributed by atoms with E-state index in [1.54, 1.807) is 19.1 Å². The topological polar surface area (TPSA) is 29.1 Å². The van der Waals surface area contributed by atoms with Gasteiger partial charge in [0.15, 0.2) is 0 Å². The van der Waals surface area contributed by atoms with Crippen molar-refractivity contribution in [3.63, 3.8) is 0 Å². The highest BCUT2D eigenvalue weighted by Gasteiger charge is 2.19. The Balaban J connectivity index is 3.02. The summed E-state index contributed by atoms with van der Waals surface area (Å²) in [6.45, 7) is 7.31. The van der Waals surface area contributed by atoms with Crippen molar-refractivity contribution in [1.82, 2.24) is 5.32 Å². The van der Waals surface area contributed by atoms with E-state index in [0.717, 1.165) is 0 Å². The zero-order valence-electron chi connectivity index (χ0n) is 9.52. The van der Waals surface area contributed by atoms with Crippen molar-refractivity contribution in [2.45, 2.75) is 33.2 Å². The molecule has 0 aromatic heterocycles. The lowest BCUT2D eigenvalue weighted by molar-refractivity contribution is 0.0915. The molecule has 0 spiro atoms. The molecule has 0 heterocycles. The summed E-state index contributed by atoms with van der Waals surface area (Å²) in [7, 11) is 0. The fourth-order valence-corrected chi connectivity index (χ4v) is 1.32. The molecule has 1 amide bonds. The molecule has 3 heteroatoms. The van der Waals surface area contributed by atoms with Crippen LogP contribution in [0.1, 0.15) is 36.7 Å². The number of aryl methyl sites for hydroxylation is 1. The Hall–Kier alpha value is -1.38. The maximum absolute atomic E-state index is 13.4. The van der Waals surface area contributed by atoms with Gasteiger partial charge in [-0.1, -0.05) is 12.1 Å². The Kier molecular flexibility index (Phi) is 3.12. The second-order valence-electron chi connectivity index (χ2n) is 4.64. The van der Waals surface area contributed by atoms with Gasteiger partial charge in [-0.15, -0.1) is 0 Å². The summed E-state index contributed by atoms with van der Waals surface area (Å²) in [4.78, 5) is 11.8. The van der Waals surface area contributed by atoms with E-state index in [4.69, 9.17) is 0 Å². The maximum atomic E-state index is 13.4. The van der Waals surface area contributed by atoms with Crippen molar-refractivity contribution in [1.29, 1.82) is 0 Å². The molecule has 2 nitrogen and oxygen atoms in total. The Morgan fingerprint density at radius 1 is 1.33 bits per heavy atom. The first-order valence-electron chi connectivity index (χ1n) is 4.89. The van der Waals surface area contributed by atoms with Crippen LogP contribution in [0.15, 0.2) is 18.2 Å². The summed E-state index contributed by atoms with van der Waals surface area (Å²) in [5.41, 5.74) is 0.426. The number of carbonyl (C=O) groups is 1. The molecule has 15 heavy (non-hydrogen) atoms. The highest BCUT2D eigenvalue weighted by Crippen LogP contribution is 2.13. The average Bonchev–Trinajstić information content (AvgIpc) is 1.99. The van der Waals surface area contributed by atoms with Crippen molar-refractivity contribution in [3.8, 4) is 0 Å². The van der Waals surface area contributed by atoms with E-state index >= 15 is 0 Å². The van der Waals surface area contributed by atoms with E-state index in [1.807, 2.05) is 20.8 Å². The summed E-state index contributed by atoms with van der Waals surface area (Å²) in [5, 5.41) is 2.74. The zero-order valence-corrected chi connectivity index (χ0v) is 9.52. The number of hydrogen-bond acceptors (Lipinski definition) is 1. The Labute approximate surface area is 89.5 Å². The van der Waals surface area contributed by atoms with Crippen molar-refractivity contribution < 1.29 is 9.18 Å². The van der Waals surface area contributed by atoms with Gasteiger partial charge in [0, 0.05) is 5.54 Å². The summed E-state index contributed by atoms with van der Waals surface area (Å²) < 4.78 is 13.4. The zero-order chi connectivity index (χ0) is 11.6. The van der Waals surface area contributed by atoms with Gasteiger partial charge in [-0.25, -0.2) is 4.39 Å². The first-order chi connectivity index (χ1) is 6.81. The van der Waals surface area contributed by atoms with Gasteiger partial charge in [0.05, 0.1) is 5.56 Å². The number of rotatable bonds is 1. The fraction of sp³-hybridized carbons (Fsp3) is 0.417. The van der Waals surface area contributed by atoms with Crippen LogP contribution in [-0.2, 0) is 0 Å². The number of halogens is 1. The quantitative estimate of drug-likeness (QED) is 0.757. The SMILES string of the molecule is Cc1cccc(F)c1C(=O)NC(C)(C)C. The lowest BCUT2D eigenvalue weighted by Crippen LogP contribution is -2.41. The molecule has 1 N–H and O–H groups in total. The first kappa shape index (κ1) is 11.7. The van der Waals surface area contributed by atoms with E-state index in [1.165, 1.54) is 6.07 Å². The molecule has 0 aliphatic rings. The van der Waals surface area contributed by atoms with Gasteiger partial charge in [-0.05, 0) is 39.3 Å². The molecular weight excluding hydrogens is 193 g/mol. The number of amides is 1. The molecule has 0 aliphatic heterocycles. The molecule has 1 aromatic rings. The van der Waals surface area contributed by atoms with E-state index < -0.39 is 5.82 Å². The molecule has 0 saturated carbocycles. The fourth-order valence-electron chi connectivity index (χ4n) is 1.32. The van der Waals surface area contributed by atoms with E-state index in [-0.39, 0.29) is 17.0 Å². The van der Waals surface area contributed by atoms with Crippen molar-refractivity contribution in [2.75, 3.05) is 0 Å². The molecule has 0 radical (unpaired) electrons. The van der Waals surface area contributed by atoms with Crippen LogP contribution in [0.3, 0.4) is 0 Å². The smallest absolute Gasteiger partial charge is 0.254 e. The van der Waals surface area contributed by atoms with Gasteiger partial charge in [-0.2, -0.15) is 0 Å². The van der Waals surface area contributed by atoms with Gasteiger partial charge >= 0.3 is 0 Å². The second-order valence-corrected chi connectivity index (χ2v) is 4.64. The Morgan fingerprint density at radius 2 is 1.93 bits per heavy atom. The van der Waals surface area contributed by atoms with E-state index in [9.17, 15) is 9.18 Å². The highest BCUT2D eigenvalue weighted by molar-refractivity contribution is 5.96. The molecule has 0 saturated heterocycles. The molecule has 0 bridgehead atoms. The summed E-state index contributed by atoms with van der Waals surface area (Å²) >= 11 is 0. The van der Waals surface area contributed by atoms with Gasteiger partial charge in [0.1, 0.15) is 5.82 Å². The second kappa shape index (κ2) is 4.01. The minimum atomic E-state index is -0.475. The van der Waals surface area contributed by atoms with Crippen LogP contribution in [0.4, 0.5) is 4.39 Å². The Bertz CT molecular complexity index is 359. The highest BCUT2D eigenvalue weighted by atomic mass is 19.1. The third-order valence-corrected chi connectivity index (χ3v) is 1.94. The average molecular weight is 209 g/mol. The molecule has 0 unspecified atom stereocenters. The predicted molar refractivity (Wildman–Crippen MR) is 58.4 cm³/mol. The van der Waals surface area contributed by atoms with Crippen LogP contribution in [0, 0.1) is 12.7 Å². The third-order valence-electron chi connectivity index (χ3n) is 1.94. The molecule has 1 rings (SSSR count). The van der Waals surface area contributed by atoms with Crippen LogP contribution in [0.5, 0.6) is 0 Å². The van der Waals surface area contributed by atoms with Crippen LogP contribution in [-0.4, -0.2) is 11.4 Å². The summed E-state index contributed by atoms with van der Waals surface area (Å²) in [6, 6.07) is 4.61. The monoisotopic (exact) mass is 209 g/mol.